The van der Waals surface area contributed by atoms with Crippen LogP contribution >= 0.6 is 0 Å². The molecule has 2 rings (SSSR count). The molecule has 0 aliphatic carbocycles. The minimum atomic E-state index is 0.0636. The molecule has 0 spiro atoms. The average molecular weight is 296 g/mol. The van der Waals surface area contributed by atoms with Crippen LogP contribution in [0.1, 0.15) is 37.5 Å². The maximum absolute atomic E-state index is 5.36. The maximum atomic E-state index is 5.36. The molecule has 116 valence electrons. The molecule has 0 fully saturated rings. The first-order chi connectivity index (χ1) is 10.4. The zero-order chi connectivity index (χ0) is 16.2. The molecule has 0 aliphatic rings. The lowest BCUT2D eigenvalue weighted by molar-refractivity contribution is 0.412. The summed E-state index contributed by atoms with van der Waals surface area (Å²) in [4.78, 5) is 0. The summed E-state index contributed by atoms with van der Waals surface area (Å²) in [7, 11) is 3.38. The Kier molecular flexibility index (Phi) is 4.92. The Bertz CT molecular complexity index is 646. The van der Waals surface area contributed by atoms with E-state index in [1.165, 1.54) is 11.1 Å². The smallest absolute Gasteiger partial charge is 0.119 e. The van der Waals surface area contributed by atoms with Crippen molar-refractivity contribution in [3.63, 3.8) is 0 Å². The van der Waals surface area contributed by atoms with Gasteiger partial charge in [-0.05, 0) is 46.4 Å². The summed E-state index contributed by atoms with van der Waals surface area (Å²) in [5, 5.41) is 0. The van der Waals surface area contributed by atoms with Crippen molar-refractivity contribution >= 4 is 12.2 Å². The maximum Gasteiger partial charge on any atom is 0.119 e. The molecule has 2 nitrogen and oxygen atoms in total. The van der Waals surface area contributed by atoms with Crippen molar-refractivity contribution in [3.05, 3.63) is 59.2 Å². The molecule has 2 aromatic rings. The number of hydrogen-bond donors (Lipinski definition) is 0. The van der Waals surface area contributed by atoms with Crippen LogP contribution in [-0.2, 0) is 5.41 Å². The molecule has 0 aromatic heterocycles. The van der Waals surface area contributed by atoms with E-state index in [0.29, 0.717) is 0 Å². The highest BCUT2D eigenvalue weighted by molar-refractivity contribution is 5.72. The van der Waals surface area contributed by atoms with Crippen LogP contribution in [0.25, 0.3) is 12.2 Å². The van der Waals surface area contributed by atoms with Gasteiger partial charge < -0.3 is 9.47 Å². The molecule has 0 saturated carbocycles. The predicted octanol–water partition coefficient (Wildman–Crippen LogP) is 5.17. The summed E-state index contributed by atoms with van der Waals surface area (Å²) in [5.41, 5.74) is 3.70. The molecule has 0 saturated heterocycles. The van der Waals surface area contributed by atoms with Gasteiger partial charge in [0, 0.05) is 0 Å². The average Bonchev–Trinajstić information content (AvgIpc) is 2.52. The van der Waals surface area contributed by atoms with Gasteiger partial charge in [0.1, 0.15) is 11.5 Å². The predicted molar refractivity (Wildman–Crippen MR) is 93.6 cm³/mol. The van der Waals surface area contributed by atoms with E-state index in [1.54, 1.807) is 14.2 Å². The Labute approximate surface area is 133 Å². The van der Waals surface area contributed by atoms with Crippen molar-refractivity contribution in [1.29, 1.82) is 0 Å². The Morgan fingerprint density at radius 1 is 0.773 bits per heavy atom. The fraction of sp³-hybridized carbons (Fsp3) is 0.300. The van der Waals surface area contributed by atoms with E-state index in [-0.39, 0.29) is 5.41 Å². The van der Waals surface area contributed by atoms with E-state index in [4.69, 9.17) is 9.47 Å². The Morgan fingerprint density at radius 3 is 1.91 bits per heavy atom. The second-order valence-electron chi connectivity index (χ2n) is 6.31. The van der Waals surface area contributed by atoms with Gasteiger partial charge in [-0.1, -0.05) is 51.1 Å². The Hall–Kier alpha value is -2.22. The SMILES string of the molecule is COc1ccc(/C=C\c2ccc(OC)cc2C(C)(C)C)cc1. The summed E-state index contributed by atoms with van der Waals surface area (Å²) < 4.78 is 10.5. The van der Waals surface area contributed by atoms with Crippen molar-refractivity contribution in [3.8, 4) is 11.5 Å². The highest BCUT2D eigenvalue weighted by atomic mass is 16.5. The van der Waals surface area contributed by atoms with E-state index >= 15 is 0 Å². The highest BCUT2D eigenvalue weighted by Crippen LogP contribution is 2.30. The van der Waals surface area contributed by atoms with Crippen LogP contribution in [0, 0.1) is 0 Å². The van der Waals surface area contributed by atoms with Crippen LogP contribution in [0.5, 0.6) is 11.5 Å². The normalized spacial score (nSPS) is 11.7. The minimum Gasteiger partial charge on any atom is -0.497 e. The third kappa shape index (κ3) is 3.91. The van der Waals surface area contributed by atoms with Gasteiger partial charge in [0.05, 0.1) is 14.2 Å². The van der Waals surface area contributed by atoms with E-state index in [0.717, 1.165) is 17.1 Å². The summed E-state index contributed by atoms with van der Waals surface area (Å²) >= 11 is 0. The number of benzene rings is 2. The van der Waals surface area contributed by atoms with Gasteiger partial charge in [-0.15, -0.1) is 0 Å². The van der Waals surface area contributed by atoms with Crippen molar-refractivity contribution in [2.24, 2.45) is 0 Å². The number of ether oxygens (including phenoxy) is 2. The van der Waals surface area contributed by atoms with Crippen LogP contribution in [0.4, 0.5) is 0 Å². The molecule has 22 heavy (non-hydrogen) atoms. The standard InChI is InChI=1S/C20H24O2/c1-20(2,3)19-14-18(22-5)13-10-16(19)9-6-15-7-11-17(21-4)12-8-15/h6-14H,1-5H3/b9-6-. The molecule has 0 radical (unpaired) electrons. The summed E-state index contributed by atoms with van der Waals surface area (Å²) in [6.45, 7) is 6.64. The first-order valence-corrected chi connectivity index (χ1v) is 7.44. The minimum absolute atomic E-state index is 0.0636. The zero-order valence-corrected chi connectivity index (χ0v) is 14.0. The third-order valence-corrected chi connectivity index (χ3v) is 3.64. The van der Waals surface area contributed by atoms with Gasteiger partial charge >= 0.3 is 0 Å². The first kappa shape index (κ1) is 16.2. The van der Waals surface area contributed by atoms with Crippen molar-refractivity contribution in [1.82, 2.24) is 0 Å². The van der Waals surface area contributed by atoms with Crippen LogP contribution in [0.3, 0.4) is 0 Å². The lowest BCUT2D eigenvalue weighted by atomic mass is 9.83. The summed E-state index contributed by atoms with van der Waals surface area (Å²) in [6.07, 6.45) is 4.28. The van der Waals surface area contributed by atoms with Crippen LogP contribution in [-0.4, -0.2) is 14.2 Å². The van der Waals surface area contributed by atoms with Gasteiger partial charge in [0.2, 0.25) is 0 Å². The summed E-state index contributed by atoms with van der Waals surface area (Å²) in [5.74, 6) is 1.77. The molecule has 0 atom stereocenters. The van der Waals surface area contributed by atoms with Gasteiger partial charge in [-0.25, -0.2) is 0 Å². The largest absolute Gasteiger partial charge is 0.497 e. The van der Waals surface area contributed by atoms with E-state index in [9.17, 15) is 0 Å². The van der Waals surface area contributed by atoms with Gasteiger partial charge in [0.25, 0.3) is 0 Å². The van der Waals surface area contributed by atoms with Crippen LogP contribution in [0.2, 0.25) is 0 Å². The second kappa shape index (κ2) is 6.69. The quantitative estimate of drug-likeness (QED) is 0.724. The van der Waals surface area contributed by atoms with Crippen LogP contribution in [0.15, 0.2) is 42.5 Å². The summed E-state index contributed by atoms with van der Waals surface area (Å²) in [6, 6.07) is 14.3. The van der Waals surface area contributed by atoms with E-state index in [2.05, 4.69) is 57.2 Å². The van der Waals surface area contributed by atoms with Crippen molar-refractivity contribution in [2.75, 3.05) is 14.2 Å². The second-order valence-corrected chi connectivity index (χ2v) is 6.31. The zero-order valence-electron chi connectivity index (χ0n) is 14.0. The number of methoxy groups -OCH3 is 2. The Balaban J connectivity index is 2.33. The molecule has 0 N–H and O–H groups in total. The molecule has 0 unspecified atom stereocenters. The molecule has 2 aromatic carbocycles. The monoisotopic (exact) mass is 296 g/mol. The molecule has 0 bridgehead atoms. The molecule has 0 aliphatic heterocycles. The van der Waals surface area contributed by atoms with Crippen LogP contribution < -0.4 is 9.47 Å². The highest BCUT2D eigenvalue weighted by Gasteiger charge is 2.17. The molecular weight excluding hydrogens is 272 g/mol. The number of hydrogen-bond acceptors (Lipinski definition) is 2. The molecule has 0 heterocycles. The topological polar surface area (TPSA) is 18.5 Å². The third-order valence-electron chi connectivity index (χ3n) is 3.64. The van der Waals surface area contributed by atoms with E-state index in [1.807, 2.05) is 18.2 Å². The van der Waals surface area contributed by atoms with Gasteiger partial charge in [-0.3, -0.25) is 0 Å². The molecular formula is C20H24O2. The lowest BCUT2D eigenvalue weighted by Gasteiger charge is -2.22. The number of rotatable bonds is 4. The van der Waals surface area contributed by atoms with Gasteiger partial charge in [0.15, 0.2) is 0 Å². The lowest BCUT2D eigenvalue weighted by Crippen LogP contribution is -2.13. The fourth-order valence-corrected chi connectivity index (χ4v) is 2.36. The molecule has 0 amide bonds. The molecule has 2 heteroatoms. The van der Waals surface area contributed by atoms with Gasteiger partial charge in [-0.2, -0.15) is 0 Å². The van der Waals surface area contributed by atoms with Crippen molar-refractivity contribution in [2.45, 2.75) is 26.2 Å². The Morgan fingerprint density at radius 2 is 1.36 bits per heavy atom. The first-order valence-electron chi connectivity index (χ1n) is 7.44. The van der Waals surface area contributed by atoms with Crippen molar-refractivity contribution < 1.29 is 9.47 Å². The fourth-order valence-electron chi connectivity index (χ4n) is 2.36. The van der Waals surface area contributed by atoms with E-state index < -0.39 is 0 Å².